The van der Waals surface area contributed by atoms with Gasteiger partial charge >= 0.3 is 0 Å². The van der Waals surface area contributed by atoms with Gasteiger partial charge in [0.25, 0.3) is 0 Å². The lowest BCUT2D eigenvalue weighted by Gasteiger charge is -2.11. The minimum atomic E-state index is -0.663. The summed E-state index contributed by atoms with van der Waals surface area (Å²) >= 11 is 0. The molecule has 132 valence electrons. The second-order valence-corrected chi connectivity index (χ2v) is 5.18. The Balaban J connectivity index is 2.04. The fourth-order valence-corrected chi connectivity index (χ4v) is 2.13. The number of hydrogen-bond acceptors (Lipinski definition) is 8. The first kappa shape index (κ1) is 18.2. The predicted molar refractivity (Wildman–Crippen MR) is 84.4 cm³/mol. The van der Waals surface area contributed by atoms with Gasteiger partial charge in [-0.15, -0.1) is 10.2 Å². The monoisotopic (exact) mass is 338 g/mol. The lowest BCUT2D eigenvalue weighted by Crippen LogP contribution is -2.20. The fourth-order valence-electron chi connectivity index (χ4n) is 2.13. The molecule has 24 heavy (non-hydrogen) atoms. The van der Waals surface area contributed by atoms with Crippen molar-refractivity contribution in [2.75, 3.05) is 27.4 Å². The van der Waals surface area contributed by atoms with E-state index in [0.29, 0.717) is 25.0 Å². The van der Waals surface area contributed by atoms with Gasteiger partial charge in [-0.1, -0.05) is 0 Å². The van der Waals surface area contributed by atoms with Gasteiger partial charge in [0.1, 0.15) is 0 Å². The summed E-state index contributed by atoms with van der Waals surface area (Å²) in [5.41, 5.74) is 0. The van der Waals surface area contributed by atoms with Crippen LogP contribution in [0.4, 0.5) is 11.9 Å². The summed E-state index contributed by atoms with van der Waals surface area (Å²) in [6.45, 7) is 1.03. The molecule has 2 N–H and O–H groups in total. The van der Waals surface area contributed by atoms with Gasteiger partial charge in [0, 0.05) is 39.0 Å². The molecule has 0 aliphatic heterocycles. The Morgan fingerprint density at radius 3 is 1.71 bits per heavy atom. The van der Waals surface area contributed by atoms with E-state index < -0.39 is 12.2 Å². The second-order valence-electron chi connectivity index (χ2n) is 5.18. The maximum absolute atomic E-state index is 9.79. The van der Waals surface area contributed by atoms with Crippen LogP contribution in [0, 0.1) is 0 Å². The molecule has 0 fully saturated rings. The van der Waals surface area contributed by atoms with Crippen molar-refractivity contribution in [1.29, 1.82) is 0 Å². The molecule has 0 aliphatic rings. The van der Waals surface area contributed by atoms with Crippen molar-refractivity contribution >= 4 is 11.9 Å². The standard InChI is InChI=1S/C14H22N6O4/c1-23-9-11(21)7-19-5-3-15-13(19)17-18-14-16-4-6-20(14)8-12(22)10-24-2/h3-6,11-12,21-22H,7-10H2,1-2H3/b18-17+. The molecule has 2 aromatic rings. The van der Waals surface area contributed by atoms with Crippen LogP contribution in [0.2, 0.25) is 0 Å². The van der Waals surface area contributed by atoms with Crippen LogP contribution >= 0.6 is 0 Å². The van der Waals surface area contributed by atoms with Crippen LogP contribution in [0.3, 0.4) is 0 Å². The highest BCUT2D eigenvalue weighted by atomic mass is 16.5. The van der Waals surface area contributed by atoms with E-state index in [4.69, 9.17) is 9.47 Å². The smallest absolute Gasteiger partial charge is 0.249 e. The van der Waals surface area contributed by atoms with E-state index in [0.717, 1.165) is 0 Å². The van der Waals surface area contributed by atoms with Crippen molar-refractivity contribution in [3.05, 3.63) is 24.8 Å². The van der Waals surface area contributed by atoms with Gasteiger partial charge < -0.3 is 28.8 Å². The van der Waals surface area contributed by atoms with Crippen LogP contribution in [-0.4, -0.2) is 69.0 Å². The van der Waals surface area contributed by atoms with Crippen LogP contribution in [0.15, 0.2) is 35.0 Å². The molecular formula is C14H22N6O4. The van der Waals surface area contributed by atoms with E-state index in [1.165, 1.54) is 14.2 Å². The number of rotatable bonds is 10. The van der Waals surface area contributed by atoms with E-state index >= 15 is 0 Å². The van der Waals surface area contributed by atoms with Crippen LogP contribution in [0.25, 0.3) is 0 Å². The highest BCUT2D eigenvalue weighted by Crippen LogP contribution is 2.16. The third kappa shape index (κ3) is 5.20. The van der Waals surface area contributed by atoms with Crippen molar-refractivity contribution in [1.82, 2.24) is 19.1 Å². The van der Waals surface area contributed by atoms with Gasteiger partial charge in [-0.05, 0) is 0 Å². The van der Waals surface area contributed by atoms with Crippen LogP contribution in [0.1, 0.15) is 0 Å². The largest absolute Gasteiger partial charge is 0.389 e. The Bertz CT molecular complexity index is 587. The van der Waals surface area contributed by atoms with Crippen molar-refractivity contribution in [2.24, 2.45) is 10.2 Å². The van der Waals surface area contributed by atoms with Crippen molar-refractivity contribution in [3.8, 4) is 0 Å². The number of hydrogen-bond donors (Lipinski definition) is 2. The van der Waals surface area contributed by atoms with Crippen LogP contribution in [-0.2, 0) is 22.6 Å². The topological polar surface area (TPSA) is 119 Å². The molecule has 2 rings (SSSR count). The van der Waals surface area contributed by atoms with E-state index in [1.807, 2.05) is 0 Å². The Morgan fingerprint density at radius 2 is 1.33 bits per heavy atom. The Kier molecular flexibility index (Phi) is 7.00. The first-order valence-corrected chi connectivity index (χ1v) is 7.42. The normalized spacial score (nSPS) is 14.3. The number of aliphatic hydroxyl groups excluding tert-OH is 2. The third-order valence-corrected chi connectivity index (χ3v) is 3.15. The molecule has 0 radical (unpaired) electrons. The van der Waals surface area contributed by atoms with E-state index in [1.54, 1.807) is 33.9 Å². The number of imidazole rings is 2. The van der Waals surface area contributed by atoms with Crippen LogP contribution in [0.5, 0.6) is 0 Å². The minimum Gasteiger partial charge on any atom is -0.389 e. The van der Waals surface area contributed by atoms with Gasteiger partial charge in [0.15, 0.2) is 0 Å². The first-order valence-electron chi connectivity index (χ1n) is 7.42. The molecule has 0 aromatic carbocycles. The maximum Gasteiger partial charge on any atom is 0.249 e. The van der Waals surface area contributed by atoms with Gasteiger partial charge in [-0.2, -0.15) is 0 Å². The molecule has 0 spiro atoms. The summed E-state index contributed by atoms with van der Waals surface area (Å²) in [6.07, 6.45) is 5.21. The average Bonchev–Trinajstić information content (AvgIpc) is 3.15. The molecule has 0 saturated carbocycles. The zero-order chi connectivity index (χ0) is 17.4. The van der Waals surface area contributed by atoms with Gasteiger partial charge in [0.05, 0.1) is 38.5 Å². The molecule has 2 atom stereocenters. The average molecular weight is 338 g/mol. The number of aliphatic hydroxyl groups is 2. The predicted octanol–water partition coefficient (Wildman–Crippen LogP) is 0.510. The van der Waals surface area contributed by atoms with Crippen molar-refractivity contribution < 1.29 is 19.7 Å². The minimum absolute atomic E-state index is 0.219. The highest BCUT2D eigenvalue weighted by molar-refractivity contribution is 5.20. The fraction of sp³-hybridized carbons (Fsp3) is 0.571. The maximum atomic E-state index is 9.79. The summed E-state index contributed by atoms with van der Waals surface area (Å²) in [7, 11) is 3.05. The molecule has 0 amide bonds. The van der Waals surface area contributed by atoms with Gasteiger partial charge in [-0.25, -0.2) is 9.97 Å². The first-order chi connectivity index (χ1) is 11.6. The van der Waals surface area contributed by atoms with Gasteiger partial charge in [0.2, 0.25) is 11.9 Å². The molecule has 0 bridgehead atoms. The molecule has 2 unspecified atom stereocenters. The second kappa shape index (κ2) is 9.23. The summed E-state index contributed by atoms with van der Waals surface area (Å²) in [5.74, 6) is 0.689. The Hall–Kier alpha value is -2.14. The number of azo groups is 1. The SMILES string of the molecule is COCC(O)Cn1ccnc1/N=N/c1nccn1CC(O)COC. The Morgan fingerprint density at radius 1 is 0.917 bits per heavy atom. The summed E-state index contributed by atoms with van der Waals surface area (Å²) in [6, 6.07) is 0. The highest BCUT2D eigenvalue weighted by Gasteiger charge is 2.10. The van der Waals surface area contributed by atoms with Gasteiger partial charge in [-0.3, -0.25) is 0 Å². The number of nitrogens with zero attached hydrogens (tertiary/aromatic N) is 6. The molecule has 2 aromatic heterocycles. The molecular weight excluding hydrogens is 316 g/mol. The zero-order valence-corrected chi connectivity index (χ0v) is 13.7. The number of methoxy groups -OCH3 is 2. The molecule has 10 heteroatoms. The van der Waals surface area contributed by atoms with Crippen molar-refractivity contribution in [3.63, 3.8) is 0 Å². The summed E-state index contributed by atoms with van der Waals surface area (Å²) < 4.78 is 13.1. The molecule has 0 aliphatic carbocycles. The lowest BCUT2D eigenvalue weighted by molar-refractivity contribution is 0.0537. The molecule has 2 heterocycles. The van der Waals surface area contributed by atoms with E-state index in [9.17, 15) is 10.2 Å². The van der Waals surface area contributed by atoms with Crippen LogP contribution < -0.4 is 0 Å². The van der Waals surface area contributed by atoms with E-state index in [-0.39, 0.29) is 13.2 Å². The zero-order valence-electron chi connectivity index (χ0n) is 13.7. The Labute approximate surface area is 139 Å². The molecule has 0 saturated heterocycles. The van der Waals surface area contributed by atoms with Crippen molar-refractivity contribution in [2.45, 2.75) is 25.3 Å². The number of ether oxygens (including phenoxy) is 2. The third-order valence-electron chi connectivity index (χ3n) is 3.15. The summed E-state index contributed by atoms with van der Waals surface area (Å²) in [5, 5.41) is 27.7. The number of aromatic nitrogens is 4. The van der Waals surface area contributed by atoms with E-state index in [2.05, 4.69) is 20.2 Å². The molecule has 10 nitrogen and oxygen atoms in total. The summed E-state index contributed by atoms with van der Waals surface area (Å²) in [4.78, 5) is 8.19. The quantitative estimate of drug-likeness (QED) is 0.609. The lowest BCUT2D eigenvalue weighted by atomic mass is 10.4.